The Morgan fingerprint density at radius 1 is 1.31 bits per heavy atom. The molecule has 0 unspecified atom stereocenters. The largest absolute Gasteiger partial charge is 0.324 e. The first-order valence-electron chi connectivity index (χ1n) is 4.78. The van der Waals surface area contributed by atoms with Crippen LogP contribution in [0.3, 0.4) is 0 Å². The fraction of sp³-hybridized carbons (Fsp3) is 0.889. The van der Waals surface area contributed by atoms with Crippen molar-refractivity contribution in [2.45, 2.75) is 32.6 Å². The molecule has 0 spiro atoms. The van der Waals surface area contributed by atoms with Crippen molar-refractivity contribution >= 4 is 29.4 Å². The molecule has 2 nitrogen and oxygen atoms in total. The number of carbonyl (C=O) groups is 1. The van der Waals surface area contributed by atoms with Crippen LogP contribution in [0.4, 0.5) is 0 Å². The zero-order valence-corrected chi connectivity index (χ0v) is 9.75. The monoisotopic (exact) mass is 219 g/mol. The zero-order chi connectivity index (χ0) is 9.52. The fourth-order valence-electron chi connectivity index (χ4n) is 1.22. The maximum Gasteiger partial charge on any atom is 0.223 e. The molecule has 0 saturated carbocycles. The van der Waals surface area contributed by atoms with E-state index in [1.807, 2.05) is 28.4 Å². The van der Waals surface area contributed by atoms with E-state index in [4.69, 9.17) is 0 Å². The van der Waals surface area contributed by atoms with Crippen molar-refractivity contribution in [2.24, 2.45) is 0 Å². The van der Waals surface area contributed by atoms with Gasteiger partial charge >= 0.3 is 0 Å². The lowest BCUT2D eigenvalue weighted by Gasteiger charge is -2.25. The maximum absolute atomic E-state index is 11.6. The molecule has 0 N–H and O–H groups in total. The highest BCUT2D eigenvalue weighted by Crippen LogP contribution is 2.22. The summed E-state index contributed by atoms with van der Waals surface area (Å²) in [6.45, 7) is 2.16. The molecule has 0 aliphatic carbocycles. The van der Waals surface area contributed by atoms with Crippen LogP contribution in [0.5, 0.6) is 0 Å². The van der Waals surface area contributed by atoms with E-state index in [0.29, 0.717) is 5.91 Å². The van der Waals surface area contributed by atoms with Gasteiger partial charge in [0.15, 0.2) is 0 Å². The standard InChI is InChI=1S/C9H17NOS2/c1-2-3-4-5-9(11)10-6-12-8-13-7-10/h2-8H2,1H3. The Morgan fingerprint density at radius 3 is 2.62 bits per heavy atom. The van der Waals surface area contributed by atoms with Gasteiger partial charge < -0.3 is 4.90 Å². The Bertz CT molecular complexity index is 158. The molecule has 0 atom stereocenters. The van der Waals surface area contributed by atoms with Crippen LogP contribution < -0.4 is 0 Å². The highest BCUT2D eigenvalue weighted by atomic mass is 32.2. The topological polar surface area (TPSA) is 20.3 Å². The highest BCUT2D eigenvalue weighted by Gasteiger charge is 2.15. The first kappa shape index (κ1) is 11.2. The van der Waals surface area contributed by atoms with E-state index in [9.17, 15) is 4.79 Å². The van der Waals surface area contributed by atoms with Gasteiger partial charge in [-0.15, -0.1) is 23.5 Å². The second-order valence-electron chi connectivity index (χ2n) is 3.17. The molecule has 0 aromatic carbocycles. The van der Waals surface area contributed by atoms with Crippen molar-refractivity contribution in [3.05, 3.63) is 0 Å². The summed E-state index contributed by atoms with van der Waals surface area (Å²) < 4.78 is 0. The number of carbonyl (C=O) groups excluding carboxylic acids is 1. The SMILES string of the molecule is CCCCCC(=O)N1CSCSC1. The van der Waals surface area contributed by atoms with E-state index in [1.54, 1.807) is 0 Å². The Balaban J connectivity index is 2.13. The molecular formula is C9H17NOS2. The van der Waals surface area contributed by atoms with Gasteiger partial charge in [-0.25, -0.2) is 0 Å². The molecule has 1 aliphatic rings. The summed E-state index contributed by atoms with van der Waals surface area (Å²) in [5.41, 5.74) is 0. The minimum absolute atomic E-state index is 0.341. The first-order chi connectivity index (χ1) is 6.34. The van der Waals surface area contributed by atoms with Crippen LogP contribution in [0.15, 0.2) is 0 Å². The third kappa shape index (κ3) is 4.27. The molecule has 1 heterocycles. The van der Waals surface area contributed by atoms with Crippen LogP contribution in [-0.4, -0.2) is 27.6 Å². The van der Waals surface area contributed by atoms with Gasteiger partial charge in [-0.2, -0.15) is 0 Å². The van der Waals surface area contributed by atoms with Gasteiger partial charge in [-0.05, 0) is 6.42 Å². The second-order valence-corrected chi connectivity index (χ2v) is 5.45. The summed E-state index contributed by atoms with van der Waals surface area (Å²) in [4.78, 5) is 13.5. The minimum atomic E-state index is 0.341. The van der Waals surface area contributed by atoms with Gasteiger partial charge in [0, 0.05) is 11.5 Å². The lowest BCUT2D eigenvalue weighted by Crippen LogP contribution is -2.32. The van der Waals surface area contributed by atoms with Gasteiger partial charge in [-0.1, -0.05) is 19.8 Å². The third-order valence-corrected chi connectivity index (χ3v) is 4.33. The van der Waals surface area contributed by atoms with Gasteiger partial charge in [0.2, 0.25) is 5.91 Å². The van der Waals surface area contributed by atoms with Crippen molar-refractivity contribution in [3.8, 4) is 0 Å². The smallest absolute Gasteiger partial charge is 0.223 e. The normalized spacial score (nSPS) is 17.5. The van der Waals surface area contributed by atoms with Gasteiger partial charge in [-0.3, -0.25) is 4.79 Å². The summed E-state index contributed by atoms with van der Waals surface area (Å²) in [5.74, 6) is 2.14. The van der Waals surface area contributed by atoms with E-state index in [2.05, 4.69) is 6.92 Å². The van der Waals surface area contributed by atoms with Crippen LogP contribution in [0.2, 0.25) is 0 Å². The molecule has 1 fully saturated rings. The van der Waals surface area contributed by atoms with Crippen LogP contribution in [-0.2, 0) is 4.79 Å². The van der Waals surface area contributed by atoms with Crippen molar-refractivity contribution in [2.75, 3.05) is 16.8 Å². The van der Waals surface area contributed by atoms with E-state index in [1.165, 1.54) is 12.8 Å². The molecule has 0 aromatic heterocycles. The number of hydrogen-bond donors (Lipinski definition) is 0. The van der Waals surface area contributed by atoms with Gasteiger partial charge in [0.1, 0.15) is 0 Å². The van der Waals surface area contributed by atoms with Crippen molar-refractivity contribution in [1.29, 1.82) is 0 Å². The fourth-order valence-corrected chi connectivity index (χ4v) is 3.31. The summed E-state index contributed by atoms with van der Waals surface area (Å²) >= 11 is 3.68. The number of amides is 1. The van der Waals surface area contributed by atoms with Crippen molar-refractivity contribution < 1.29 is 4.79 Å². The van der Waals surface area contributed by atoms with Crippen LogP contribution >= 0.6 is 23.5 Å². The Labute approximate surface area is 88.8 Å². The zero-order valence-electron chi connectivity index (χ0n) is 8.12. The molecule has 1 aliphatic heterocycles. The summed E-state index contributed by atoms with van der Waals surface area (Å²) in [6.07, 6.45) is 4.17. The van der Waals surface area contributed by atoms with Crippen LogP contribution in [0, 0.1) is 0 Å². The summed E-state index contributed by atoms with van der Waals surface area (Å²) in [7, 11) is 0. The highest BCUT2D eigenvalue weighted by molar-refractivity contribution is 8.16. The van der Waals surface area contributed by atoms with E-state index in [0.717, 1.165) is 29.7 Å². The number of rotatable bonds is 4. The molecule has 1 amide bonds. The number of hydrogen-bond acceptors (Lipinski definition) is 3. The van der Waals surface area contributed by atoms with Crippen LogP contribution in [0.25, 0.3) is 0 Å². The predicted octanol–water partition coefficient (Wildman–Crippen LogP) is 2.75. The molecule has 1 saturated heterocycles. The average molecular weight is 219 g/mol. The Morgan fingerprint density at radius 2 is 2.00 bits per heavy atom. The molecular weight excluding hydrogens is 202 g/mol. The quantitative estimate of drug-likeness (QED) is 0.678. The maximum atomic E-state index is 11.6. The molecule has 0 aromatic rings. The average Bonchev–Trinajstić information content (AvgIpc) is 2.19. The van der Waals surface area contributed by atoms with E-state index < -0.39 is 0 Å². The predicted molar refractivity (Wildman–Crippen MR) is 60.8 cm³/mol. The summed E-state index contributed by atoms with van der Waals surface area (Å²) in [5, 5.41) is 1.14. The molecule has 76 valence electrons. The third-order valence-electron chi connectivity index (χ3n) is 2.01. The number of nitrogens with zero attached hydrogens (tertiary/aromatic N) is 1. The molecule has 4 heteroatoms. The summed E-state index contributed by atoms with van der Waals surface area (Å²) in [6, 6.07) is 0. The van der Waals surface area contributed by atoms with Gasteiger partial charge in [0.05, 0.1) is 11.8 Å². The number of unbranched alkanes of at least 4 members (excludes halogenated alkanes) is 2. The van der Waals surface area contributed by atoms with E-state index >= 15 is 0 Å². The first-order valence-corrected chi connectivity index (χ1v) is 7.08. The molecule has 0 radical (unpaired) electrons. The lowest BCUT2D eigenvalue weighted by atomic mass is 10.2. The Hall–Kier alpha value is 0.170. The molecule has 0 bridgehead atoms. The molecule has 13 heavy (non-hydrogen) atoms. The second kappa shape index (κ2) is 6.60. The van der Waals surface area contributed by atoms with Gasteiger partial charge in [0.25, 0.3) is 0 Å². The Kier molecular flexibility index (Phi) is 5.71. The van der Waals surface area contributed by atoms with E-state index in [-0.39, 0.29) is 0 Å². The van der Waals surface area contributed by atoms with Crippen molar-refractivity contribution in [3.63, 3.8) is 0 Å². The minimum Gasteiger partial charge on any atom is -0.324 e. The van der Waals surface area contributed by atoms with Crippen LogP contribution in [0.1, 0.15) is 32.6 Å². The number of thioether (sulfide) groups is 2. The van der Waals surface area contributed by atoms with Crippen molar-refractivity contribution in [1.82, 2.24) is 4.90 Å². The molecule has 1 rings (SSSR count). The lowest BCUT2D eigenvalue weighted by molar-refractivity contribution is -0.129.